The minimum Gasteiger partial charge on any atom is -0.508 e. The lowest BCUT2D eigenvalue weighted by Gasteiger charge is -2.15. The Morgan fingerprint density at radius 2 is 1.43 bits per heavy atom. The molecule has 4 aromatic rings. The third kappa shape index (κ3) is 8.29. The zero-order valence-corrected chi connectivity index (χ0v) is 21.5. The van der Waals surface area contributed by atoms with Crippen LogP contribution in [0.3, 0.4) is 0 Å². The maximum Gasteiger partial charge on any atom is 0.229 e. The van der Waals surface area contributed by atoms with Crippen LogP contribution in [0.5, 0.6) is 5.75 Å². The number of phenols is 1. The number of nitrogens with one attached hydrogen (secondary N) is 4. The number of hydrogen-bond donors (Lipinski definition) is 5. The summed E-state index contributed by atoms with van der Waals surface area (Å²) in [5.74, 6) is 1.11. The van der Waals surface area contributed by atoms with E-state index in [0.29, 0.717) is 30.0 Å². The number of phenolic OH excluding ortho intramolecular Hbond substituents is 1. The van der Waals surface area contributed by atoms with E-state index >= 15 is 0 Å². The lowest BCUT2D eigenvalue weighted by Crippen LogP contribution is -2.39. The summed E-state index contributed by atoms with van der Waals surface area (Å²) < 4.78 is 0. The van der Waals surface area contributed by atoms with Gasteiger partial charge in [-0.1, -0.05) is 30.3 Å². The molecule has 0 aliphatic rings. The van der Waals surface area contributed by atoms with Crippen LogP contribution in [0, 0.1) is 13.8 Å². The molecule has 9 heteroatoms. The number of hydrogen-bond acceptors (Lipinski definition) is 6. The second kappa shape index (κ2) is 12.5. The highest BCUT2D eigenvalue weighted by atomic mass is 32.1. The molecular weight excluding hydrogens is 482 g/mol. The average molecular weight is 512 g/mol. The van der Waals surface area contributed by atoms with Crippen molar-refractivity contribution in [1.29, 1.82) is 0 Å². The zero-order chi connectivity index (χ0) is 26.0. The first kappa shape index (κ1) is 25.6. The summed E-state index contributed by atoms with van der Waals surface area (Å²) in [6.07, 6.45) is 0.691. The number of aliphatic imine (C=N–C) groups is 1. The summed E-state index contributed by atoms with van der Waals surface area (Å²) in [7, 11) is 0. The Labute approximate surface area is 221 Å². The molecule has 188 valence electrons. The number of rotatable bonds is 7. The first-order chi connectivity index (χ1) is 17.9. The Kier molecular flexibility index (Phi) is 8.62. The molecule has 0 aliphatic carbocycles. The highest BCUT2D eigenvalue weighted by molar-refractivity contribution is 7.80. The third-order valence-corrected chi connectivity index (χ3v) is 5.46. The molecule has 5 N–H and O–H groups in total. The summed E-state index contributed by atoms with van der Waals surface area (Å²) in [5, 5.41) is 22.7. The molecule has 0 bridgehead atoms. The van der Waals surface area contributed by atoms with Crippen molar-refractivity contribution in [3.05, 3.63) is 102 Å². The Morgan fingerprint density at radius 1 is 0.811 bits per heavy atom. The molecule has 0 radical (unpaired) electrons. The van der Waals surface area contributed by atoms with Crippen LogP contribution in [0.25, 0.3) is 0 Å². The van der Waals surface area contributed by atoms with Gasteiger partial charge in [0.2, 0.25) is 11.9 Å². The molecule has 0 aliphatic heterocycles. The molecule has 0 unspecified atom stereocenters. The van der Waals surface area contributed by atoms with Crippen molar-refractivity contribution in [1.82, 2.24) is 15.3 Å². The molecule has 0 saturated heterocycles. The van der Waals surface area contributed by atoms with Crippen molar-refractivity contribution in [3.8, 4) is 5.75 Å². The SMILES string of the molecule is Cc1cc(C)nc(NC(=NCCc2ccc(O)cc2)NC(=S)Nc2ccc(Nc3ccccc3)cc2)n1. The van der Waals surface area contributed by atoms with E-state index in [1.54, 1.807) is 12.1 Å². The summed E-state index contributed by atoms with van der Waals surface area (Å²) >= 11 is 5.55. The molecular formula is C28H29N7OS. The van der Waals surface area contributed by atoms with Crippen LogP contribution in [0.15, 0.2) is 89.9 Å². The van der Waals surface area contributed by atoms with E-state index in [0.717, 1.165) is 34.0 Å². The summed E-state index contributed by atoms with van der Waals surface area (Å²) in [6.45, 7) is 4.32. The average Bonchev–Trinajstić information content (AvgIpc) is 2.86. The predicted octanol–water partition coefficient (Wildman–Crippen LogP) is 5.54. The van der Waals surface area contributed by atoms with E-state index in [2.05, 4.69) is 36.2 Å². The van der Waals surface area contributed by atoms with Gasteiger partial charge in [0.1, 0.15) is 5.75 Å². The number of nitrogens with zero attached hydrogens (tertiary/aromatic N) is 3. The minimum atomic E-state index is 0.239. The van der Waals surface area contributed by atoms with E-state index in [4.69, 9.17) is 12.2 Å². The highest BCUT2D eigenvalue weighted by Crippen LogP contribution is 2.18. The zero-order valence-electron chi connectivity index (χ0n) is 20.7. The first-order valence-corrected chi connectivity index (χ1v) is 12.3. The number of anilines is 4. The van der Waals surface area contributed by atoms with E-state index in [-0.39, 0.29) is 5.75 Å². The number of aryl methyl sites for hydroxylation is 2. The molecule has 4 rings (SSSR count). The van der Waals surface area contributed by atoms with Gasteiger partial charge < -0.3 is 21.1 Å². The number of thiocarbonyl (C=S) groups is 1. The number of benzene rings is 3. The fourth-order valence-corrected chi connectivity index (χ4v) is 3.77. The Morgan fingerprint density at radius 3 is 2.11 bits per heavy atom. The van der Waals surface area contributed by atoms with Gasteiger partial charge in [-0.25, -0.2) is 9.97 Å². The van der Waals surface area contributed by atoms with Crippen LogP contribution < -0.4 is 21.3 Å². The lowest BCUT2D eigenvalue weighted by molar-refractivity contribution is 0.475. The Bertz CT molecular complexity index is 1340. The molecule has 0 amide bonds. The van der Waals surface area contributed by atoms with Crippen molar-refractivity contribution in [2.24, 2.45) is 4.99 Å². The van der Waals surface area contributed by atoms with Crippen LogP contribution in [0.2, 0.25) is 0 Å². The normalized spacial score (nSPS) is 11.0. The van der Waals surface area contributed by atoms with Crippen LogP contribution in [0.1, 0.15) is 17.0 Å². The molecule has 1 heterocycles. The van der Waals surface area contributed by atoms with Gasteiger partial charge in [0.05, 0.1) is 0 Å². The van der Waals surface area contributed by atoms with Crippen LogP contribution in [-0.4, -0.2) is 32.7 Å². The van der Waals surface area contributed by atoms with E-state index in [1.807, 2.05) is 86.6 Å². The van der Waals surface area contributed by atoms with E-state index in [9.17, 15) is 5.11 Å². The van der Waals surface area contributed by atoms with Gasteiger partial charge in [0, 0.05) is 35.0 Å². The Balaban J connectivity index is 1.41. The first-order valence-electron chi connectivity index (χ1n) is 11.8. The van der Waals surface area contributed by atoms with Crippen LogP contribution in [-0.2, 0) is 6.42 Å². The minimum absolute atomic E-state index is 0.239. The third-order valence-electron chi connectivity index (χ3n) is 5.26. The quantitative estimate of drug-likeness (QED) is 0.125. The number of aromatic nitrogens is 2. The summed E-state index contributed by atoms with van der Waals surface area (Å²) in [5.41, 5.74) is 5.59. The molecule has 3 aromatic carbocycles. The molecule has 0 fully saturated rings. The van der Waals surface area contributed by atoms with Crippen LogP contribution >= 0.6 is 12.2 Å². The second-order valence-electron chi connectivity index (χ2n) is 8.39. The largest absolute Gasteiger partial charge is 0.508 e. The van der Waals surface area contributed by atoms with Gasteiger partial charge in [-0.15, -0.1) is 0 Å². The molecule has 0 atom stereocenters. The molecule has 8 nitrogen and oxygen atoms in total. The van der Waals surface area contributed by atoms with Crippen molar-refractivity contribution < 1.29 is 5.11 Å². The molecule has 37 heavy (non-hydrogen) atoms. The summed E-state index contributed by atoms with van der Waals surface area (Å²) in [4.78, 5) is 13.5. The van der Waals surface area contributed by atoms with Gasteiger partial charge in [0.25, 0.3) is 0 Å². The van der Waals surface area contributed by atoms with Crippen molar-refractivity contribution in [2.45, 2.75) is 20.3 Å². The second-order valence-corrected chi connectivity index (χ2v) is 8.80. The molecule has 0 saturated carbocycles. The lowest BCUT2D eigenvalue weighted by atomic mass is 10.1. The van der Waals surface area contributed by atoms with Gasteiger partial charge >= 0.3 is 0 Å². The smallest absolute Gasteiger partial charge is 0.229 e. The number of para-hydroxylation sites is 1. The summed E-state index contributed by atoms with van der Waals surface area (Å²) in [6, 6.07) is 26.8. The van der Waals surface area contributed by atoms with E-state index in [1.165, 1.54) is 0 Å². The molecule has 1 aromatic heterocycles. The number of guanidine groups is 1. The maximum absolute atomic E-state index is 9.49. The maximum atomic E-state index is 9.49. The Hall–Kier alpha value is -4.50. The molecule has 0 spiro atoms. The van der Waals surface area contributed by atoms with Crippen molar-refractivity contribution in [3.63, 3.8) is 0 Å². The topological polar surface area (TPSA) is 106 Å². The van der Waals surface area contributed by atoms with E-state index < -0.39 is 0 Å². The van der Waals surface area contributed by atoms with Gasteiger partial charge in [0.15, 0.2) is 5.11 Å². The van der Waals surface area contributed by atoms with Gasteiger partial charge in [-0.2, -0.15) is 0 Å². The van der Waals surface area contributed by atoms with Gasteiger partial charge in [-0.3, -0.25) is 10.3 Å². The van der Waals surface area contributed by atoms with Crippen molar-refractivity contribution in [2.75, 3.05) is 22.5 Å². The highest BCUT2D eigenvalue weighted by Gasteiger charge is 2.08. The van der Waals surface area contributed by atoms with Crippen molar-refractivity contribution >= 4 is 46.3 Å². The predicted molar refractivity (Wildman–Crippen MR) is 155 cm³/mol. The fourth-order valence-electron chi connectivity index (χ4n) is 3.55. The number of aromatic hydroxyl groups is 1. The standard InChI is InChI=1S/C28H29N7OS/c1-19-18-20(2)31-27(30-19)34-26(29-17-16-21-8-14-25(36)15-9-21)35-28(37)33-24-12-10-23(11-13-24)32-22-6-4-3-5-7-22/h3-15,18,32,36H,16-17H2,1-2H3,(H3,29,30,31,33,34,35,37). The van der Waals surface area contributed by atoms with Crippen LogP contribution in [0.4, 0.5) is 23.0 Å². The fraction of sp³-hybridized carbons (Fsp3) is 0.143. The monoisotopic (exact) mass is 511 g/mol. The van der Waals surface area contributed by atoms with Gasteiger partial charge in [-0.05, 0) is 92.6 Å².